The fraction of sp³-hybridized carbons (Fsp3) is 0.873. The molecule has 0 aromatic carbocycles. The van der Waals surface area contributed by atoms with Gasteiger partial charge in [0.05, 0.1) is 25.4 Å². The molecule has 0 saturated carbocycles. The van der Waals surface area contributed by atoms with E-state index in [1.807, 2.05) is 6.08 Å². The predicted molar refractivity (Wildman–Crippen MR) is 306 cm³/mol. The number of hydrogen-bond acceptors (Lipinski definition) is 10. The van der Waals surface area contributed by atoms with Crippen LogP contribution in [0.15, 0.2) is 36.5 Å². The van der Waals surface area contributed by atoms with Crippen LogP contribution in [0.2, 0.25) is 0 Å². The number of aliphatic hydroxyl groups is 5. The Balaban J connectivity index is 2.68. The number of allylic oxidation sites excluding steroid dienone is 5. The van der Waals surface area contributed by atoms with E-state index in [9.17, 15) is 35.1 Å². The smallest absolute Gasteiger partial charge is 0.306 e. The molecule has 0 aliphatic carbocycles. The van der Waals surface area contributed by atoms with Crippen LogP contribution >= 0.6 is 0 Å². The summed E-state index contributed by atoms with van der Waals surface area (Å²) in [6, 6.07) is -1.02. The summed E-state index contributed by atoms with van der Waals surface area (Å²) < 4.78 is 17.6. The van der Waals surface area contributed by atoms with E-state index >= 15 is 0 Å². The van der Waals surface area contributed by atoms with Crippen LogP contribution in [0.25, 0.3) is 0 Å². The molecule has 1 saturated heterocycles. The topological polar surface area (TPSA) is 175 Å². The zero-order valence-electron chi connectivity index (χ0n) is 48.0. The fourth-order valence-electron chi connectivity index (χ4n) is 9.80. The van der Waals surface area contributed by atoms with Crippen molar-refractivity contribution < 1.29 is 49.3 Å². The largest absolute Gasteiger partial charge is 0.454 e. The first-order valence-electron chi connectivity index (χ1n) is 31.3. The molecular formula is C63H117NO10. The second-order valence-corrected chi connectivity index (χ2v) is 21.8. The lowest BCUT2D eigenvalue weighted by molar-refractivity contribution is -0.305. The first-order valence-corrected chi connectivity index (χ1v) is 31.3. The maximum Gasteiger partial charge on any atom is 0.306 e. The van der Waals surface area contributed by atoms with Gasteiger partial charge in [-0.05, 0) is 57.8 Å². The minimum absolute atomic E-state index is 0.128. The Bertz CT molecular complexity index is 1340. The monoisotopic (exact) mass is 1050 g/mol. The molecule has 11 heteroatoms. The van der Waals surface area contributed by atoms with Crippen molar-refractivity contribution in [1.82, 2.24) is 5.32 Å². The van der Waals surface area contributed by atoms with E-state index in [1.165, 1.54) is 173 Å². The number of hydrogen-bond donors (Lipinski definition) is 6. The van der Waals surface area contributed by atoms with Crippen molar-refractivity contribution in [3.63, 3.8) is 0 Å². The maximum atomic E-state index is 13.4. The van der Waals surface area contributed by atoms with Crippen LogP contribution in [0.5, 0.6) is 0 Å². The molecule has 74 heavy (non-hydrogen) atoms. The number of carbonyl (C=O) groups excluding carboxylic acids is 2. The van der Waals surface area contributed by atoms with Crippen molar-refractivity contribution in [2.75, 3.05) is 13.2 Å². The van der Waals surface area contributed by atoms with E-state index < -0.39 is 67.4 Å². The Kier molecular flexibility index (Phi) is 48.8. The number of unbranched alkanes of at least 4 members (excludes halogenated alkanes) is 35. The van der Waals surface area contributed by atoms with Crippen molar-refractivity contribution in [2.24, 2.45) is 0 Å². The van der Waals surface area contributed by atoms with Crippen molar-refractivity contribution >= 4 is 11.9 Å². The SMILES string of the molecule is CCCCC/C=C\C/C=C\CCCCCCCCCCC(O)C(=O)NC(COC1OC(CO)C(O)C(O)C1OC(=O)CCCCCCCCCCCCCCCCC)C(O)/C=C/CCCCCCCCCCCC. The van der Waals surface area contributed by atoms with E-state index in [0.29, 0.717) is 12.8 Å². The Morgan fingerprint density at radius 2 is 0.932 bits per heavy atom. The maximum absolute atomic E-state index is 13.4. The first-order chi connectivity index (χ1) is 36.2. The normalized spacial score (nSPS) is 19.5. The molecule has 8 atom stereocenters. The molecule has 0 aromatic heterocycles. The van der Waals surface area contributed by atoms with Gasteiger partial charge in [-0.25, -0.2) is 0 Å². The minimum atomic E-state index is -1.61. The molecule has 0 radical (unpaired) electrons. The van der Waals surface area contributed by atoms with Gasteiger partial charge in [0, 0.05) is 6.42 Å². The number of nitrogens with one attached hydrogen (secondary N) is 1. The van der Waals surface area contributed by atoms with Crippen LogP contribution in [0, 0.1) is 0 Å². The second kappa shape index (κ2) is 51.6. The summed E-state index contributed by atoms with van der Waals surface area (Å²) in [4.78, 5) is 26.5. The summed E-state index contributed by atoms with van der Waals surface area (Å²) >= 11 is 0. The fourth-order valence-corrected chi connectivity index (χ4v) is 9.80. The van der Waals surface area contributed by atoms with Crippen LogP contribution in [0.3, 0.4) is 0 Å². The molecule has 6 N–H and O–H groups in total. The molecule has 0 spiro atoms. The highest BCUT2D eigenvalue weighted by atomic mass is 16.7. The van der Waals surface area contributed by atoms with Gasteiger partial charge in [-0.1, -0.05) is 263 Å². The number of carbonyl (C=O) groups is 2. The number of ether oxygens (including phenoxy) is 3. The molecule has 1 fully saturated rings. The zero-order chi connectivity index (χ0) is 54.0. The van der Waals surface area contributed by atoms with Crippen molar-refractivity contribution in [3.05, 3.63) is 36.5 Å². The third kappa shape index (κ3) is 39.3. The first kappa shape index (κ1) is 69.9. The predicted octanol–water partition coefficient (Wildman–Crippen LogP) is 14.7. The third-order valence-electron chi connectivity index (χ3n) is 14.8. The van der Waals surface area contributed by atoms with Gasteiger partial charge in [-0.3, -0.25) is 9.59 Å². The lowest BCUT2D eigenvalue weighted by Crippen LogP contribution is -2.61. The van der Waals surface area contributed by atoms with Gasteiger partial charge in [0.1, 0.15) is 24.4 Å². The Morgan fingerprint density at radius 1 is 0.527 bits per heavy atom. The molecule has 8 unspecified atom stereocenters. The van der Waals surface area contributed by atoms with Crippen LogP contribution in [-0.2, 0) is 23.8 Å². The summed E-state index contributed by atoms with van der Waals surface area (Å²) in [6.45, 7) is 5.78. The van der Waals surface area contributed by atoms with Gasteiger partial charge in [0.15, 0.2) is 12.4 Å². The van der Waals surface area contributed by atoms with Crippen LogP contribution in [0.4, 0.5) is 0 Å². The molecule has 11 nitrogen and oxygen atoms in total. The van der Waals surface area contributed by atoms with E-state index in [0.717, 1.165) is 70.6 Å². The molecular weight excluding hydrogens is 931 g/mol. The van der Waals surface area contributed by atoms with E-state index in [-0.39, 0.29) is 19.4 Å². The third-order valence-corrected chi connectivity index (χ3v) is 14.8. The number of rotatable bonds is 53. The van der Waals surface area contributed by atoms with Crippen molar-refractivity contribution in [3.8, 4) is 0 Å². The van der Waals surface area contributed by atoms with Crippen LogP contribution in [0.1, 0.15) is 290 Å². The highest BCUT2D eigenvalue weighted by Gasteiger charge is 2.47. The van der Waals surface area contributed by atoms with Crippen molar-refractivity contribution in [2.45, 2.75) is 339 Å². The summed E-state index contributed by atoms with van der Waals surface area (Å²) in [6.07, 6.45) is 50.3. The van der Waals surface area contributed by atoms with Gasteiger partial charge in [0.25, 0.3) is 0 Å². The quantitative estimate of drug-likeness (QED) is 0.0195. The van der Waals surface area contributed by atoms with E-state index in [2.05, 4.69) is 50.4 Å². The minimum Gasteiger partial charge on any atom is -0.454 e. The second-order valence-electron chi connectivity index (χ2n) is 21.8. The molecule has 0 aromatic rings. The number of amides is 1. The summed E-state index contributed by atoms with van der Waals surface area (Å²) in [5.41, 5.74) is 0. The molecule has 1 aliphatic heterocycles. The standard InChI is InChI=1S/C63H117NO10/c1-4-7-10-13-16-19-22-25-27-28-29-31-32-35-38-41-44-47-50-56(67)62(71)64-54(55(66)49-46-43-40-37-34-24-21-18-15-12-9-6-3)53-72-63-61(60(70)59(69)57(52-65)73-63)74-58(68)51-48-45-42-39-36-33-30-26-23-20-17-14-11-8-5-2/h16,19,25,27,46,49,54-57,59-61,63,65-67,69-70H,4-15,17-18,20-24,26,28-45,47-48,50-53H2,1-3H3,(H,64,71)/b19-16-,27-25-,49-46+. The zero-order valence-corrected chi connectivity index (χ0v) is 48.0. The Morgan fingerprint density at radius 3 is 1.41 bits per heavy atom. The highest BCUT2D eigenvalue weighted by molar-refractivity contribution is 5.80. The van der Waals surface area contributed by atoms with E-state index in [1.54, 1.807) is 6.08 Å². The lowest BCUT2D eigenvalue weighted by atomic mass is 9.99. The van der Waals surface area contributed by atoms with Gasteiger partial charge in [-0.15, -0.1) is 0 Å². The molecule has 1 heterocycles. The Hall–Kier alpha value is -2.12. The summed E-state index contributed by atoms with van der Waals surface area (Å²) in [5, 5.41) is 57.0. The molecule has 434 valence electrons. The van der Waals surface area contributed by atoms with E-state index in [4.69, 9.17) is 14.2 Å². The van der Waals surface area contributed by atoms with Gasteiger partial charge in [0.2, 0.25) is 5.91 Å². The number of esters is 1. The van der Waals surface area contributed by atoms with Gasteiger partial charge < -0.3 is 45.1 Å². The average molecular weight is 1050 g/mol. The Labute approximate surface area is 453 Å². The summed E-state index contributed by atoms with van der Waals surface area (Å²) in [5.74, 6) is -1.19. The molecule has 1 rings (SSSR count). The van der Waals surface area contributed by atoms with Gasteiger partial charge >= 0.3 is 5.97 Å². The van der Waals surface area contributed by atoms with Crippen LogP contribution in [-0.4, -0.2) is 99.6 Å². The molecule has 1 aliphatic rings. The highest BCUT2D eigenvalue weighted by Crippen LogP contribution is 2.26. The van der Waals surface area contributed by atoms with Gasteiger partial charge in [-0.2, -0.15) is 0 Å². The average Bonchev–Trinajstić information content (AvgIpc) is 3.40. The lowest BCUT2D eigenvalue weighted by Gasteiger charge is -2.41. The van der Waals surface area contributed by atoms with Crippen molar-refractivity contribution in [1.29, 1.82) is 0 Å². The van der Waals surface area contributed by atoms with Crippen LogP contribution < -0.4 is 5.32 Å². The number of aliphatic hydroxyl groups excluding tert-OH is 5. The molecule has 1 amide bonds. The molecule has 0 bridgehead atoms. The summed E-state index contributed by atoms with van der Waals surface area (Å²) in [7, 11) is 0.